The zero-order valence-corrected chi connectivity index (χ0v) is 9.71. The van der Waals surface area contributed by atoms with Gasteiger partial charge in [0.05, 0.1) is 12.4 Å². The first-order valence-corrected chi connectivity index (χ1v) is 6.25. The third kappa shape index (κ3) is 9.64. The molecule has 0 heterocycles. The molecule has 0 aromatic rings. The maximum atomic E-state index is 11.3. The summed E-state index contributed by atoms with van der Waals surface area (Å²) in [6.45, 7) is 3.36. The van der Waals surface area contributed by atoms with Crippen LogP contribution in [0.5, 0.6) is 0 Å². The lowest BCUT2D eigenvalue weighted by molar-refractivity contribution is -0.142. The Bertz CT molecular complexity index is 285. The Morgan fingerprint density at radius 3 is 2.53 bits per heavy atom. The van der Waals surface area contributed by atoms with Crippen LogP contribution in [0.1, 0.15) is 13.8 Å². The number of sulfonamides is 1. The second-order valence-electron chi connectivity index (χ2n) is 3.52. The number of carboxylic acid groups (broad SMARTS) is 1. The van der Waals surface area contributed by atoms with Gasteiger partial charge >= 0.3 is 5.97 Å². The lowest BCUT2D eigenvalue weighted by Gasteiger charge is -2.08. The van der Waals surface area contributed by atoms with Gasteiger partial charge in [0, 0.05) is 6.54 Å². The molecule has 0 aliphatic rings. The topological polar surface area (TPSA) is 92.7 Å². The van der Waals surface area contributed by atoms with Crippen LogP contribution in [0.3, 0.4) is 0 Å². The molecule has 0 amide bonds. The number of carbonyl (C=O) groups is 1. The van der Waals surface area contributed by atoms with Crippen molar-refractivity contribution in [3.8, 4) is 0 Å². The highest BCUT2D eigenvalue weighted by atomic mass is 32.2. The van der Waals surface area contributed by atoms with Gasteiger partial charge in [-0.05, 0) is 5.92 Å². The zero-order valence-electron chi connectivity index (χ0n) is 8.89. The van der Waals surface area contributed by atoms with E-state index in [2.05, 4.69) is 9.46 Å². The van der Waals surface area contributed by atoms with E-state index in [4.69, 9.17) is 5.11 Å². The standard InChI is InChI=1S/C8H17NO5S/c1-7(2)6-15(12,13)9-3-4-14-5-8(10)11/h7,9H,3-6H2,1-2H3,(H,10,11). The predicted molar refractivity (Wildman–Crippen MR) is 55.1 cm³/mol. The summed E-state index contributed by atoms with van der Waals surface area (Å²) in [5, 5.41) is 8.23. The Kier molecular flexibility index (Phi) is 6.46. The molecule has 0 aliphatic heterocycles. The number of ether oxygens (including phenoxy) is 1. The van der Waals surface area contributed by atoms with Crippen molar-refractivity contribution in [2.45, 2.75) is 13.8 Å². The molecule has 2 N–H and O–H groups in total. The Morgan fingerprint density at radius 2 is 2.07 bits per heavy atom. The highest BCUT2D eigenvalue weighted by Gasteiger charge is 2.11. The maximum absolute atomic E-state index is 11.3. The van der Waals surface area contributed by atoms with Gasteiger partial charge in [0.25, 0.3) is 0 Å². The van der Waals surface area contributed by atoms with Crippen molar-refractivity contribution in [1.82, 2.24) is 4.72 Å². The van der Waals surface area contributed by atoms with Crippen LogP contribution in [0.15, 0.2) is 0 Å². The van der Waals surface area contributed by atoms with Gasteiger partial charge in [-0.15, -0.1) is 0 Å². The van der Waals surface area contributed by atoms with Crippen LogP contribution in [-0.2, 0) is 19.6 Å². The van der Waals surface area contributed by atoms with Crippen LogP contribution >= 0.6 is 0 Å². The number of rotatable bonds is 8. The second-order valence-corrected chi connectivity index (χ2v) is 5.37. The smallest absolute Gasteiger partial charge is 0.329 e. The molecule has 7 heteroatoms. The minimum absolute atomic E-state index is 0.0578. The number of hydrogen-bond donors (Lipinski definition) is 2. The molecule has 90 valence electrons. The molecule has 0 aromatic carbocycles. The first-order valence-electron chi connectivity index (χ1n) is 4.60. The second kappa shape index (κ2) is 6.76. The molecule has 0 saturated carbocycles. The van der Waals surface area contributed by atoms with E-state index in [1.165, 1.54) is 0 Å². The van der Waals surface area contributed by atoms with Crippen LogP contribution in [0.25, 0.3) is 0 Å². The van der Waals surface area contributed by atoms with Crippen molar-refractivity contribution in [1.29, 1.82) is 0 Å². The fourth-order valence-electron chi connectivity index (χ4n) is 0.927. The summed E-state index contributed by atoms with van der Waals surface area (Å²) in [5.74, 6) is -0.950. The molecular weight excluding hydrogens is 222 g/mol. The van der Waals surface area contributed by atoms with Crippen LogP contribution in [-0.4, -0.2) is 45.0 Å². The monoisotopic (exact) mass is 239 g/mol. The summed E-state index contributed by atoms with van der Waals surface area (Å²) in [6.07, 6.45) is 0. The Labute approximate surface area is 89.7 Å². The van der Waals surface area contributed by atoms with E-state index in [1.807, 2.05) is 0 Å². The van der Waals surface area contributed by atoms with Crippen molar-refractivity contribution in [3.63, 3.8) is 0 Å². The first kappa shape index (κ1) is 14.3. The molecule has 0 radical (unpaired) electrons. The summed E-state index contributed by atoms with van der Waals surface area (Å²) >= 11 is 0. The number of carboxylic acids is 1. The Morgan fingerprint density at radius 1 is 1.47 bits per heavy atom. The summed E-state index contributed by atoms with van der Waals surface area (Å²) in [5.41, 5.74) is 0. The average molecular weight is 239 g/mol. The lowest BCUT2D eigenvalue weighted by Crippen LogP contribution is -2.31. The molecule has 0 unspecified atom stereocenters. The lowest BCUT2D eigenvalue weighted by atomic mass is 10.3. The van der Waals surface area contributed by atoms with Crippen molar-refractivity contribution in [2.75, 3.05) is 25.5 Å². The van der Waals surface area contributed by atoms with Gasteiger partial charge < -0.3 is 9.84 Å². The van der Waals surface area contributed by atoms with Crippen LogP contribution in [0.4, 0.5) is 0 Å². The highest BCUT2D eigenvalue weighted by molar-refractivity contribution is 7.89. The fraction of sp³-hybridized carbons (Fsp3) is 0.875. The van der Waals surface area contributed by atoms with Crippen molar-refractivity contribution in [2.24, 2.45) is 5.92 Å². The Hall–Kier alpha value is -0.660. The van der Waals surface area contributed by atoms with Gasteiger partial charge in [0.15, 0.2) is 0 Å². The molecule has 0 bridgehead atoms. The molecule has 0 spiro atoms. The highest BCUT2D eigenvalue weighted by Crippen LogP contribution is 1.96. The van der Waals surface area contributed by atoms with Gasteiger partial charge in [0.1, 0.15) is 6.61 Å². The van der Waals surface area contributed by atoms with E-state index in [0.29, 0.717) is 0 Å². The molecule has 0 saturated heterocycles. The van der Waals surface area contributed by atoms with Gasteiger partial charge in [-0.25, -0.2) is 17.9 Å². The van der Waals surface area contributed by atoms with Gasteiger partial charge in [-0.1, -0.05) is 13.8 Å². The average Bonchev–Trinajstić information content (AvgIpc) is 1.99. The number of nitrogens with one attached hydrogen (secondary N) is 1. The normalized spacial score (nSPS) is 11.9. The van der Waals surface area contributed by atoms with Crippen molar-refractivity contribution in [3.05, 3.63) is 0 Å². The number of aliphatic carboxylic acids is 1. The minimum Gasteiger partial charge on any atom is -0.480 e. The summed E-state index contributed by atoms with van der Waals surface area (Å²) in [6, 6.07) is 0. The van der Waals surface area contributed by atoms with E-state index in [0.717, 1.165) is 0 Å². The molecule has 0 aliphatic carbocycles. The van der Waals surface area contributed by atoms with Crippen LogP contribution in [0.2, 0.25) is 0 Å². The third-order valence-electron chi connectivity index (χ3n) is 1.35. The van der Waals surface area contributed by atoms with Crippen LogP contribution in [0, 0.1) is 5.92 Å². The fourth-order valence-corrected chi connectivity index (χ4v) is 2.32. The first-order chi connectivity index (χ1) is 6.83. The van der Waals surface area contributed by atoms with E-state index in [-0.39, 0.29) is 24.8 Å². The number of hydrogen-bond acceptors (Lipinski definition) is 4. The molecule has 6 nitrogen and oxygen atoms in total. The van der Waals surface area contributed by atoms with Gasteiger partial charge in [0.2, 0.25) is 10.0 Å². The molecule has 0 rings (SSSR count). The van der Waals surface area contributed by atoms with E-state index >= 15 is 0 Å². The predicted octanol–water partition coefficient (Wildman–Crippen LogP) is -0.337. The quantitative estimate of drug-likeness (QED) is 0.565. The van der Waals surface area contributed by atoms with Crippen LogP contribution < -0.4 is 4.72 Å². The zero-order chi connectivity index (χ0) is 11.9. The van der Waals surface area contributed by atoms with Crippen molar-refractivity contribution >= 4 is 16.0 Å². The van der Waals surface area contributed by atoms with E-state index in [9.17, 15) is 13.2 Å². The maximum Gasteiger partial charge on any atom is 0.329 e. The van der Waals surface area contributed by atoms with Gasteiger partial charge in [-0.3, -0.25) is 0 Å². The summed E-state index contributed by atoms with van der Waals surface area (Å²) in [7, 11) is -3.26. The molecule has 0 fully saturated rings. The SMILES string of the molecule is CC(C)CS(=O)(=O)NCCOCC(=O)O. The van der Waals surface area contributed by atoms with E-state index < -0.39 is 22.6 Å². The summed E-state index contributed by atoms with van der Waals surface area (Å²) in [4.78, 5) is 10.0. The molecule has 0 atom stereocenters. The molecular formula is C8H17NO5S. The van der Waals surface area contributed by atoms with Crippen molar-refractivity contribution < 1.29 is 23.1 Å². The molecule has 0 aromatic heterocycles. The Balaban J connectivity index is 3.62. The van der Waals surface area contributed by atoms with E-state index in [1.54, 1.807) is 13.8 Å². The third-order valence-corrected chi connectivity index (χ3v) is 3.10. The largest absolute Gasteiger partial charge is 0.480 e. The van der Waals surface area contributed by atoms with Gasteiger partial charge in [-0.2, -0.15) is 0 Å². The minimum atomic E-state index is -3.26. The molecule has 15 heavy (non-hydrogen) atoms. The summed E-state index contributed by atoms with van der Waals surface area (Å²) < 4.78 is 29.5.